The van der Waals surface area contributed by atoms with E-state index in [0.29, 0.717) is 23.1 Å². The molecule has 0 unspecified atom stereocenters. The summed E-state index contributed by atoms with van der Waals surface area (Å²) in [5, 5.41) is 2.80. The summed E-state index contributed by atoms with van der Waals surface area (Å²) in [4.78, 5) is 13.8. The molecule has 3 aromatic carbocycles. The molecule has 0 aliphatic heterocycles. The molecule has 11 heteroatoms. The molecule has 0 saturated heterocycles. The van der Waals surface area contributed by atoms with E-state index in [2.05, 4.69) is 5.32 Å². The number of anilines is 1. The third-order valence-electron chi connectivity index (χ3n) is 5.13. The number of carbonyl (C=O) groups is 1. The number of hydrogen-bond donors (Lipinski definition) is 1. The van der Waals surface area contributed by atoms with Gasteiger partial charge in [-0.1, -0.05) is 18.2 Å². The number of ether oxygens (including phenoxy) is 1. The van der Waals surface area contributed by atoms with Gasteiger partial charge in [-0.2, -0.15) is 21.6 Å². The van der Waals surface area contributed by atoms with Crippen LogP contribution in [0.15, 0.2) is 77.7 Å². The van der Waals surface area contributed by atoms with Crippen molar-refractivity contribution in [2.45, 2.75) is 37.5 Å². The molecule has 0 aliphatic carbocycles. The lowest BCUT2D eigenvalue weighted by atomic mass is 10.2. The molecule has 36 heavy (non-hydrogen) atoms. The summed E-state index contributed by atoms with van der Waals surface area (Å²) in [5.74, 6) is 0.551. The Morgan fingerprint density at radius 2 is 1.64 bits per heavy atom. The van der Waals surface area contributed by atoms with Crippen molar-refractivity contribution < 1.29 is 35.3 Å². The summed E-state index contributed by atoms with van der Waals surface area (Å²) < 4.78 is 74.4. The first-order valence-corrected chi connectivity index (χ1v) is 12.2. The van der Waals surface area contributed by atoms with Gasteiger partial charge in [0.05, 0.1) is 12.7 Å². The van der Waals surface area contributed by atoms with Gasteiger partial charge in [-0.05, 0) is 74.0 Å². The number of alkyl halides is 3. The number of nitrogens with zero attached hydrogens (tertiary/aromatic N) is 1. The van der Waals surface area contributed by atoms with E-state index in [9.17, 15) is 26.4 Å². The van der Waals surface area contributed by atoms with Gasteiger partial charge in [0.1, 0.15) is 16.4 Å². The Hall–Kier alpha value is -3.73. The van der Waals surface area contributed by atoms with Gasteiger partial charge in [0.25, 0.3) is 0 Å². The minimum atomic E-state index is -4.70. The number of urea groups is 1. The molecule has 3 rings (SSSR count). The van der Waals surface area contributed by atoms with E-state index in [1.807, 2.05) is 13.8 Å². The first-order valence-electron chi connectivity index (χ1n) is 10.8. The van der Waals surface area contributed by atoms with E-state index in [-0.39, 0.29) is 24.4 Å². The van der Waals surface area contributed by atoms with Crippen molar-refractivity contribution >= 4 is 21.8 Å². The Labute approximate surface area is 207 Å². The Morgan fingerprint density at radius 1 is 0.972 bits per heavy atom. The van der Waals surface area contributed by atoms with Gasteiger partial charge < -0.3 is 19.1 Å². The maximum atomic E-state index is 13.0. The van der Waals surface area contributed by atoms with Crippen LogP contribution in [0.1, 0.15) is 25.0 Å². The molecule has 192 valence electrons. The number of halogens is 3. The lowest BCUT2D eigenvalue weighted by molar-refractivity contribution is -0.137. The van der Waals surface area contributed by atoms with Crippen LogP contribution >= 0.6 is 0 Å². The maximum absolute atomic E-state index is 13.0. The monoisotopic (exact) mass is 522 g/mol. The van der Waals surface area contributed by atoms with E-state index in [4.69, 9.17) is 8.92 Å². The summed E-state index contributed by atoms with van der Waals surface area (Å²) in [7, 11) is -2.99. The summed E-state index contributed by atoms with van der Waals surface area (Å²) in [6.07, 6.45) is -4.70. The summed E-state index contributed by atoms with van der Waals surface area (Å²) in [6, 6.07) is 15.5. The van der Waals surface area contributed by atoms with Crippen LogP contribution in [0.4, 0.5) is 23.7 Å². The van der Waals surface area contributed by atoms with Crippen molar-refractivity contribution in [3.8, 4) is 11.5 Å². The molecular formula is C25H25F3N2O5S. The highest BCUT2D eigenvalue weighted by molar-refractivity contribution is 7.87. The maximum Gasteiger partial charge on any atom is 0.416 e. The largest absolute Gasteiger partial charge is 0.497 e. The second kappa shape index (κ2) is 10.9. The fraction of sp³-hybridized carbons (Fsp3) is 0.240. The predicted octanol–water partition coefficient (Wildman–Crippen LogP) is 5.92. The second-order valence-electron chi connectivity index (χ2n) is 8.09. The number of methoxy groups -OCH3 is 1. The van der Waals surface area contributed by atoms with E-state index >= 15 is 0 Å². The average molecular weight is 523 g/mol. The average Bonchev–Trinajstić information content (AvgIpc) is 2.82. The van der Waals surface area contributed by atoms with Gasteiger partial charge in [-0.15, -0.1) is 0 Å². The number of benzene rings is 3. The zero-order valence-corrected chi connectivity index (χ0v) is 20.6. The summed E-state index contributed by atoms with van der Waals surface area (Å²) in [6.45, 7) is 3.78. The molecule has 0 heterocycles. The smallest absolute Gasteiger partial charge is 0.416 e. The highest BCUT2D eigenvalue weighted by Crippen LogP contribution is 2.31. The lowest BCUT2D eigenvalue weighted by Gasteiger charge is -2.27. The third-order valence-corrected chi connectivity index (χ3v) is 6.38. The molecular weight excluding hydrogens is 497 g/mol. The molecule has 0 atom stereocenters. The molecule has 0 aliphatic rings. The van der Waals surface area contributed by atoms with E-state index in [0.717, 1.165) is 18.2 Å². The Kier molecular flexibility index (Phi) is 8.13. The van der Waals surface area contributed by atoms with Gasteiger partial charge in [-0.25, -0.2) is 4.79 Å². The van der Waals surface area contributed by atoms with Gasteiger partial charge in [-0.3, -0.25) is 0 Å². The van der Waals surface area contributed by atoms with E-state index in [1.165, 1.54) is 30.2 Å². The Morgan fingerprint density at radius 3 is 2.25 bits per heavy atom. The van der Waals surface area contributed by atoms with Crippen LogP contribution in [0.2, 0.25) is 0 Å². The van der Waals surface area contributed by atoms with Gasteiger partial charge in [0, 0.05) is 18.3 Å². The molecule has 0 bridgehead atoms. The molecule has 0 saturated carbocycles. The number of amides is 2. The van der Waals surface area contributed by atoms with Crippen molar-refractivity contribution in [2.24, 2.45) is 0 Å². The standard InChI is InChI=1S/C25H25F3N2O5S/c1-17(2)30(24(31)29-20-10-12-21(34-3)13-11-20)16-18-6-4-8-22(14-18)35-36(32,33)23-9-5-7-19(15-23)25(26,27)28/h4-15,17H,16H2,1-3H3,(H,29,31). The summed E-state index contributed by atoms with van der Waals surface area (Å²) in [5.41, 5.74) is 0.0254. The van der Waals surface area contributed by atoms with Crippen LogP contribution < -0.4 is 14.2 Å². The molecule has 2 amide bonds. The minimum absolute atomic E-state index is 0.0934. The van der Waals surface area contributed by atoms with Crippen molar-refractivity contribution in [2.75, 3.05) is 12.4 Å². The molecule has 1 N–H and O–H groups in total. The lowest BCUT2D eigenvalue weighted by Crippen LogP contribution is -2.39. The van der Waals surface area contributed by atoms with Crippen LogP contribution in [0.5, 0.6) is 11.5 Å². The summed E-state index contributed by atoms with van der Waals surface area (Å²) >= 11 is 0. The van der Waals surface area contributed by atoms with Gasteiger partial charge >= 0.3 is 22.3 Å². The highest BCUT2D eigenvalue weighted by atomic mass is 32.2. The van der Waals surface area contributed by atoms with Crippen LogP contribution in [-0.2, 0) is 22.8 Å². The van der Waals surface area contributed by atoms with E-state index < -0.39 is 26.8 Å². The Balaban J connectivity index is 1.76. The molecule has 3 aromatic rings. The first kappa shape index (κ1) is 26.9. The highest BCUT2D eigenvalue weighted by Gasteiger charge is 2.32. The molecule has 7 nitrogen and oxygen atoms in total. The first-order chi connectivity index (χ1) is 16.9. The van der Waals surface area contributed by atoms with Crippen LogP contribution in [0.25, 0.3) is 0 Å². The second-order valence-corrected chi connectivity index (χ2v) is 9.64. The molecule has 0 radical (unpaired) electrons. The SMILES string of the molecule is COc1ccc(NC(=O)N(Cc2cccc(OS(=O)(=O)c3cccc(C(F)(F)F)c3)c2)C(C)C)cc1. The predicted molar refractivity (Wildman–Crippen MR) is 128 cm³/mol. The van der Waals surface area contributed by atoms with E-state index in [1.54, 1.807) is 30.3 Å². The topological polar surface area (TPSA) is 84.9 Å². The normalized spacial score (nSPS) is 11.8. The van der Waals surface area contributed by atoms with Crippen molar-refractivity contribution in [1.29, 1.82) is 0 Å². The fourth-order valence-corrected chi connectivity index (χ4v) is 4.22. The third kappa shape index (κ3) is 6.91. The quantitative estimate of drug-likeness (QED) is 0.371. The molecule has 0 fully saturated rings. The fourth-order valence-electron chi connectivity index (χ4n) is 3.25. The minimum Gasteiger partial charge on any atom is -0.497 e. The van der Waals surface area contributed by atoms with Crippen molar-refractivity contribution in [3.63, 3.8) is 0 Å². The molecule has 0 spiro atoms. The number of carbonyl (C=O) groups excluding carboxylic acids is 1. The zero-order chi connectivity index (χ0) is 26.5. The van der Waals surface area contributed by atoms with Gasteiger partial charge in [0.15, 0.2) is 0 Å². The van der Waals surface area contributed by atoms with Crippen LogP contribution in [-0.4, -0.2) is 32.5 Å². The van der Waals surface area contributed by atoms with Gasteiger partial charge in [0.2, 0.25) is 0 Å². The Bertz CT molecular complexity index is 1310. The zero-order valence-electron chi connectivity index (χ0n) is 19.7. The van der Waals surface area contributed by atoms with Crippen LogP contribution in [0.3, 0.4) is 0 Å². The van der Waals surface area contributed by atoms with Crippen molar-refractivity contribution in [1.82, 2.24) is 4.90 Å². The number of nitrogens with one attached hydrogen (secondary N) is 1. The van der Waals surface area contributed by atoms with Crippen LogP contribution in [0, 0.1) is 0 Å². The number of rotatable bonds is 8. The van der Waals surface area contributed by atoms with Crippen molar-refractivity contribution in [3.05, 3.63) is 83.9 Å². The molecule has 0 aromatic heterocycles. The number of hydrogen-bond acceptors (Lipinski definition) is 5.